The number of nitrogens with zero attached hydrogens (tertiary/aromatic N) is 2. The van der Waals surface area contributed by atoms with Crippen LogP contribution in [0.4, 0.5) is 5.95 Å². The Labute approximate surface area is 186 Å². The van der Waals surface area contributed by atoms with Crippen LogP contribution in [0.25, 0.3) is 11.3 Å². The first kappa shape index (κ1) is 21.3. The molecular weight excluding hydrogens is 402 g/mol. The molecule has 4 N–H and O–H groups in total. The van der Waals surface area contributed by atoms with Crippen LogP contribution in [-0.4, -0.2) is 32.6 Å². The number of amides is 1. The highest BCUT2D eigenvalue weighted by atomic mass is 16.3. The molecule has 0 bridgehead atoms. The standard InChI is InChI=1S/C25H25N5O2/c1-17-13-27-25(28-14-18-8-4-2-5-9-18)30-23(17)20-12-21(26-15-20)24(32)29-22(16-31)19-10-6-3-7-11-19/h2-13,15,22,26,31H,14,16H2,1H3,(H,29,32)(H,27,28,30). The zero-order chi connectivity index (χ0) is 22.3. The van der Waals surface area contributed by atoms with Crippen LogP contribution in [0.1, 0.15) is 33.2 Å². The number of carbonyl (C=O) groups is 1. The predicted molar refractivity (Wildman–Crippen MR) is 124 cm³/mol. The highest BCUT2D eigenvalue weighted by molar-refractivity contribution is 5.94. The summed E-state index contributed by atoms with van der Waals surface area (Å²) >= 11 is 0. The maximum atomic E-state index is 12.7. The van der Waals surface area contributed by atoms with Crippen LogP contribution in [0.15, 0.2) is 79.1 Å². The molecule has 7 heteroatoms. The van der Waals surface area contributed by atoms with E-state index in [0.717, 1.165) is 27.9 Å². The Kier molecular flexibility index (Phi) is 6.57. The van der Waals surface area contributed by atoms with Crippen molar-refractivity contribution in [1.82, 2.24) is 20.3 Å². The second-order valence-corrected chi connectivity index (χ2v) is 7.49. The van der Waals surface area contributed by atoms with Crippen molar-refractivity contribution in [1.29, 1.82) is 0 Å². The summed E-state index contributed by atoms with van der Waals surface area (Å²) in [5, 5.41) is 15.8. The molecule has 1 atom stereocenters. The van der Waals surface area contributed by atoms with Gasteiger partial charge < -0.3 is 20.7 Å². The van der Waals surface area contributed by atoms with Crippen molar-refractivity contribution in [2.24, 2.45) is 0 Å². The Morgan fingerprint density at radius 1 is 1.09 bits per heavy atom. The van der Waals surface area contributed by atoms with Gasteiger partial charge in [-0.1, -0.05) is 60.7 Å². The number of anilines is 1. The first-order valence-electron chi connectivity index (χ1n) is 10.4. The third kappa shape index (κ3) is 5.01. The van der Waals surface area contributed by atoms with Gasteiger partial charge in [0.2, 0.25) is 5.95 Å². The van der Waals surface area contributed by atoms with E-state index in [1.165, 1.54) is 0 Å². The summed E-state index contributed by atoms with van der Waals surface area (Å²) < 4.78 is 0. The lowest BCUT2D eigenvalue weighted by atomic mass is 10.1. The van der Waals surface area contributed by atoms with Crippen molar-refractivity contribution in [3.63, 3.8) is 0 Å². The molecule has 7 nitrogen and oxygen atoms in total. The molecule has 1 unspecified atom stereocenters. The summed E-state index contributed by atoms with van der Waals surface area (Å²) in [6.07, 6.45) is 3.52. The molecule has 2 aromatic heterocycles. The third-order valence-corrected chi connectivity index (χ3v) is 5.16. The van der Waals surface area contributed by atoms with Crippen molar-refractivity contribution in [2.75, 3.05) is 11.9 Å². The number of aromatic amines is 1. The summed E-state index contributed by atoms with van der Waals surface area (Å²) in [6, 6.07) is 20.7. The largest absolute Gasteiger partial charge is 0.394 e. The molecule has 2 heterocycles. The maximum Gasteiger partial charge on any atom is 0.268 e. The number of aryl methyl sites for hydroxylation is 1. The van der Waals surface area contributed by atoms with E-state index in [2.05, 4.69) is 25.6 Å². The lowest BCUT2D eigenvalue weighted by Crippen LogP contribution is -2.30. The first-order chi connectivity index (χ1) is 15.6. The van der Waals surface area contributed by atoms with Crippen LogP contribution in [0.2, 0.25) is 0 Å². The van der Waals surface area contributed by atoms with Gasteiger partial charge in [0, 0.05) is 24.5 Å². The minimum absolute atomic E-state index is 0.190. The van der Waals surface area contributed by atoms with Crippen LogP contribution in [0, 0.1) is 6.92 Å². The summed E-state index contributed by atoms with van der Waals surface area (Å²) in [5.74, 6) is 0.222. The molecule has 162 valence electrons. The van der Waals surface area contributed by atoms with Crippen LogP contribution in [0.3, 0.4) is 0 Å². The number of nitrogens with one attached hydrogen (secondary N) is 3. The fraction of sp³-hybridized carbons (Fsp3) is 0.160. The van der Waals surface area contributed by atoms with E-state index < -0.39 is 6.04 Å². The molecule has 1 amide bonds. The van der Waals surface area contributed by atoms with Gasteiger partial charge in [-0.3, -0.25) is 4.79 Å². The van der Waals surface area contributed by atoms with E-state index in [4.69, 9.17) is 0 Å². The van der Waals surface area contributed by atoms with Gasteiger partial charge in [0.05, 0.1) is 18.3 Å². The molecule has 4 rings (SSSR count). The third-order valence-electron chi connectivity index (χ3n) is 5.16. The van der Waals surface area contributed by atoms with Gasteiger partial charge in [0.25, 0.3) is 5.91 Å². The van der Waals surface area contributed by atoms with Crippen molar-refractivity contribution >= 4 is 11.9 Å². The zero-order valence-electron chi connectivity index (χ0n) is 17.7. The van der Waals surface area contributed by atoms with Crippen LogP contribution in [-0.2, 0) is 6.54 Å². The molecule has 0 aliphatic heterocycles. The smallest absolute Gasteiger partial charge is 0.268 e. The van der Waals surface area contributed by atoms with Crippen LogP contribution in [0.5, 0.6) is 0 Å². The van der Waals surface area contributed by atoms with Crippen LogP contribution < -0.4 is 10.6 Å². The Hall–Kier alpha value is -3.97. The van der Waals surface area contributed by atoms with Gasteiger partial charge in [0.1, 0.15) is 5.69 Å². The van der Waals surface area contributed by atoms with E-state index in [1.807, 2.05) is 67.6 Å². The molecular formula is C25H25N5O2. The van der Waals surface area contributed by atoms with E-state index in [1.54, 1.807) is 18.5 Å². The normalized spacial score (nSPS) is 11.7. The number of aromatic nitrogens is 3. The van der Waals surface area contributed by atoms with Gasteiger partial charge in [-0.2, -0.15) is 0 Å². The highest BCUT2D eigenvalue weighted by Gasteiger charge is 2.17. The van der Waals surface area contributed by atoms with Gasteiger partial charge in [0.15, 0.2) is 0 Å². The molecule has 32 heavy (non-hydrogen) atoms. The number of benzene rings is 2. The van der Waals surface area contributed by atoms with Gasteiger partial charge in [-0.05, 0) is 29.7 Å². The minimum Gasteiger partial charge on any atom is -0.394 e. The number of carbonyl (C=O) groups excluding carboxylic acids is 1. The van der Waals surface area contributed by atoms with Gasteiger partial charge in [-0.25, -0.2) is 9.97 Å². The second kappa shape index (κ2) is 9.89. The molecule has 4 aromatic rings. The number of rotatable bonds is 8. The highest BCUT2D eigenvalue weighted by Crippen LogP contribution is 2.23. The van der Waals surface area contributed by atoms with Crippen molar-refractivity contribution in [2.45, 2.75) is 19.5 Å². The average Bonchev–Trinajstić information content (AvgIpc) is 3.33. The Morgan fingerprint density at radius 3 is 2.53 bits per heavy atom. The van der Waals surface area contributed by atoms with E-state index in [9.17, 15) is 9.90 Å². The van der Waals surface area contributed by atoms with E-state index >= 15 is 0 Å². The fourth-order valence-corrected chi connectivity index (χ4v) is 3.41. The number of H-pyrrole nitrogens is 1. The molecule has 0 saturated carbocycles. The fourth-order valence-electron chi connectivity index (χ4n) is 3.41. The Bertz CT molecular complexity index is 1180. The minimum atomic E-state index is -0.481. The number of aliphatic hydroxyl groups is 1. The van der Waals surface area contributed by atoms with Gasteiger partial charge in [-0.15, -0.1) is 0 Å². The predicted octanol–water partition coefficient (Wildman–Crippen LogP) is 3.86. The molecule has 0 saturated heterocycles. The first-order valence-corrected chi connectivity index (χ1v) is 10.4. The lowest BCUT2D eigenvalue weighted by molar-refractivity contribution is 0.0912. The molecule has 0 radical (unpaired) electrons. The number of aliphatic hydroxyl groups excluding tert-OH is 1. The molecule has 0 aliphatic rings. The number of hydrogen-bond acceptors (Lipinski definition) is 5. The van der Waals surface area contributed by atoms with E-state index in [-0.39, 0.29) is 12.5 Å². The SMILES string of the molecule is Cc1cnc(NCc2ccccc2)nc1-c1c[nH]c(C(=O)NC(CO)c2ccccc2)c1. The van der Waals surface area contributed by atoms with E-state index in [0.29, 0.717) is 18.2 Å². The topological polar surface area (TPSA) is 103 Å². The zero-order valence-corrected chi connectivity index (χ0v) is 17.7. The monoisotopic (exact) mass is 427 g/mol. The molecule has 0 aliphatic carbocycles. The van der Waals surface area contributed by atoms with Crippen LogP contribution >= 0.6 is 0 Å². The average molecular weight is 428 g/mol. The molecule has 0 spiro atoms. The summed E-state index contributed by atoms with van der Waals surface area (Å²) in [4.78, 5) is 24.8. The summed E-state index contributed by atoms with van der Waals surface area (Å²) in [6.45, 7) is 2.36. The Balaban J connectivity index is 1.48. The second-order valence-electron chi connectivity index (χ2n) is 7.49. The van der Waals surface area contributed by atoms with Gasteiger partial charge >= 0.3 is 0 Å². The Morgan fingerprint density at radius 2 is 1.81 bits per heavy atom. The quantitative estimate of drug-likeness (QED) is 0.342. The maximum absolute atomic E-state index is 12.7. The summed E-state index contributed by atoms with van der Waals surface area (Å²) in [7, 11) is 0. The summed E-state index contributed by atoms with van der Waals surface area (Å²) in [5.41, 5.74) is 4.81. The van der Waals surface area contributed by atoms with Crippen molar-refractivity contribution < 1.29 is 9.90 Å². The molecule has 0 fully saturated rings. The number of hydrogen-bond donors (Lipinski definition) is 4. The lowest BCUT2D eigenvalue weighted by Gasteiger charge is -2.16. The van der Waals surface area contributed by atoms with Crippen molar-refractivity contribution in [3.8, 4) is 11.3 Å². The van der Waals surface area contributed by atoms with Crippen molar-refractivity contribution in [3.05, 3.63) is 102 Å². The molecule has 2 aromatic carbocycles.